The number of piperidine rings is 1. The Balaban J connectivity index is 0.000000347. The molecule has 4 rings (SSSR count). The van der Waals surface area contributed by atoms with E-state index in [9.17, 15) is 23.7 Å². The van der Waals surface area contributed by atoms with E-state index in [1.54, 1.807) is 0 Å². The molecule has 3 heterocycles. The second-order valence-corrected chi connectivity index (χ2v) is 14.9. The normalized spacial score (nSPS) is 18.6. The standard InChI is InChI=1S/C21H34N4O4.C12H16NO3P.C4H10/c1-3-16(26)9-5-4-6-10-17-20(28)23-14-19(27)22-13-15(2)25-12-8-7-11-18(25)21(29)24-17;1-10-9-13(7-4-8-17(14,15)16)12-6-3-2-5-11(10)12;1-3-4-2/h17-18H,2-14H2,1H3,(H,22,27)(H,23,28)(H,24,29);2-3,5-6,9H,4,7-8H2,1H3,(H2,14,15,16);3-4H2,1-2H3/t17-,18?;;/m0../s1. The topological polar surface area (TPSA) is 170 Å². The summed E-state index contributed by atoms with van der Waals surface area (Å²) in [5.41, 5.74) is 3.02. The number of carbonyl (C=O) groups excluding carboxylic acids is 4. The SMILES string of the molecule is C=C1CNC(=O)CNC(=O)[C@H](CCCCCC(=O)CC)NC(=O)C2CCCCN12.CCCC.Cc1cn(CCCP(=O)(O)O)c2ccccc12. The van der Waals surface area contributed by atoms with Crippen LogP contribution in [0.5, 0.6) is 0 Å². The second kappa shape index (κ2) is 22.4. The molecule has 50 heavy (non-hydrogen) atoms. The summed E-state index contributed by atoms with van der Waals surface area (Å²) in [6.45, 7) is 13.8. The summed E-state index contributed by atoms with van der Waals surface area (Å²) in [7, 11) is -3.87. The highest BCUT2D eigenvalue weighted by Crippen LogP contribution is 2.35. The lowest BCUT2D eigenvalue weighted by Crippen LogP contribution is -2.56. The van der Waals surface area contributed by atoms with Gasteiger partial charge in [0.2, 0.25) is 17.7 Å². The molecule has 2 aromatic rings. The first-order valence-electron chi connectivity index (χ1n) is 18.2. The molecule has 2 fully saturated rings. The van der Waals surface area contributed by atoms with Crippen LogP contribution in [-0.2, 0) is 30.3 Å². The van der Waals surface area contributed by atoms with Gasteiger partial charge in [0.1, 0.15) is 17.9 Å². The Hall–Kier alpha value is -3.47. The van der Waals surface area contributed by atoms with Gasteiger partial charge in [0.05, 0.1) is 19.3 Å². The molecule has 13 heteroatoms. The lowest BCUT2D eigenvalue weighted by atomic mass is 9.99. The Morgan fingerprint density at radius 2 is 1.68 bits per heavy atom. The molecule has 0 aliphatic carbocycles. The van der Waals surface area contributed by atoms with Gasteiger partial charge >= 0.3 is 7.60 Å². The Morgan fingerprint density at radius 3 is 2.36 bits per heavy atom. The van der Waals surface area contributed by atoms with Crippen molar-refractivity contribution >= 4 is 42.0 Å². The van der Waals surface area contributed by atoms with Crippen molar-refractivity contribution in [1.82, 2.24) is 25.4 Å². The molecule has 0 spiro atoms. The van der Waals surface area contributed by atoms with Crippen LogP contribution in [0, 0.1) is 6.92 Å². The van der Waals surface area contributed by atoms with Gasteiger partial charge in [-0.2, -0.15) is 0 Å². The number of hydrogen-bond donors (Lipinski definition) is 5. The number of benzene rings is 1. The molecule has 2 atom stereocenters. The Labute approximate surface area is 298 Å². The third-order valence-corrected chi connectivity index (χ3v) is 9.84. The molecule has 1 aromatic heterocycles. The number of Topliss-reactive ketones (excluding diaryl/α,β-unsaturated/α-hetero) is 1. The van der Waals surface area contributed by atoms with Crippen LogP contribution in [-0.4, -0.2) is 80.6 Å². The van der Waals surface area contributed by atoms with Gasteiger partial charge in [-0.05, 0) is 57.1 Å². The smallest absolute Gasteiger partial charge is 0.325 e. The molecule has 0 bridgehead atoms. The zero-order chi connectivity index (χ0) is 37.1. The molecular formula is C37H60N5O7P. The number of nitrogens with one attached hydrogen (secondary N) is 3. The maximum Gasteiger partial charge on any atom is 0.325 e. The molecule has 2 aliphatic rings. The average molecular weight is 718 g/mol. The number of para-hydroxylation sites is 1. The Bertz CT molecular complexity index is 1450. The Morgan fingerprint density at radius 1 is 0.960 bits per heavy atom. The van der Waals surface area contributed by atoms with E-state index < -0.39 is 13.6 Å². The first-order chi connectivity index (χ1) is 23.8. The van der Waals surface area contributed by atoms with E-state index in [0.717, 1.165) is 44.2 Å². The zero-order valence-electron chi connectivity index (χ0n) is 30.5. The minimum absolute atomic E-state index is 0.0570. The predicted molar refractivity (Wildman–Crippen MR) is 199 cm³/mol. The van der Waals surface area contributed by atoms with Crippen molar-refractivity contribution in [2.45, 2.75) is 123 Å². The molecule has 0 radical (unpaired) electrons. The van der Waals surface area contributed by atoms with Crippen LogP contribution in [0.4, 0.5) is 0 Å². The molecule has 1 unspecified atom stereocenters. The van der Waals surface area contributed by atoms with Crippen LogP contribution in [0.3, 0.4) is 0 Å². The first-order valence-corrected chi connectivity index (χ1v) is 20.0. The van der Waals surface area contributed by atoms with E-state index in [0.29, 0.717) is 44.3 Å². The number of aryl methyl sites for hydroxylation is 2. The van der Waals surface area contributed by atoms with Gasteiger partial charge in [0.25, 0.3) is 0 Å². The fourth-order valence-electron chi connectivity index (χ4n) is 5.86. The van der Waals surface area contributed by atoms with Crippen LogP contribution >= 0.6 is 7.60 Å². The van der Waals surface area contributed by atoms with Crippen molar-refractivity contribution < 1.29 is 33.5 Å². The fourth-order valence-corrected chi connectivity index (χ4v) is 6.41. The highest BCUT2D eigenvalue weighted by Gasteiger charge is 2.32. The van der Waals surface area contributed by atoms with Crippen molar-refractivity contribution in [3.05, 3.63) is 48.3 Å². The van der Waals surface area contributed by atoms with Crippen molar-refractivity contribution in [2.75, 3.05) is 25.8 Å². The minimum Gasteiger partial charge on any atom is -0.362 e. The van der Waals surface area contributed by atoms with Crippen molar-refractivity contribution in [2.24, 2.45) is 0 Å². The van der Waals surface area contributed by atoms with E-state index in [2.05, 4.69) is 47.0 Å². The summed E-state index contributed by atoms with van der Waals surface area (Å²) < 4.78 is 12.8. The summed E-state index contributed by atoms with van der Waals surface area (Å²) in [5.74, 6) is -0.554. The predicted octanol–water partition coefficient (Wildman–Crippen LogP) is 5.34. The quantitative estimate of drug-likeness (QED) is 0.145. The molecule has 5 N–H and O–H groups in total. The molecule has 1 aromatic carbocycles. The lowest BCUT2D eigenvalue weighted by molar-refractivity contribution is -0.133. The van der Waals surface area contributed by atoms with Crippen LogP contribution < -0.4 is 16.0 Å². The second-order valence-electron chi connectivity index (χ2n) is 13.1. The number of nitrogens with zero attached hydrogens (tertiary/aromatic N) is 2. The molecule has 12 nitrogen and oxygen atoms in total. The number of carbonyl (C=O) groups is 4. The van der Waals surface area contributed by atoms with E-state index in [-0.39, 0.29) is 48.8 Å². The molecule has 0 saturated carbocycles. The number of fused-ring (bicyclic) bond motifs is 2. The average Bonchev–Trinajstić information content (AvgIpc) is 3.42. The van der Waals surface area contributed by atoms with Crippen LogP contribution in [0.1, 0.15) is 103 Å². The lowest BCUT2D eigenvalue weighted by Gasteiger charge is -2.38. The number of amides is 3. The maximum atomic E-state index is 12.9. The largest absolute Gasteiger partial charge is 0.362 e. The molecule has 280 valence electrons. The van der Waals surface area contributed by atoms with Gasteiger partial charge in [0.15, 0.2) is 0 Å². The van der Waals surface area contributed by atoms with Crippen LogP contribution in [0.2, 0.25) is 0 Å². The maximum absolute atomic E-state index is 12.9. The number of hydrogen-bond acceptors (Lipinski definition) is 6. The van der Waals surface area contributed by atoms with E-state index in [1.165, 1.54) is 23.8 Å². The summed E-state index contributed by atoms with van der Waals surface area (Å²) in [5, 5.41) is 9.46. The fraction of sp³-hybridized carbons (Fsp3) is 0.622. The summed E-state index contributed by atoms with van der Waals surface area (Å²) in [6, 6.07) is 7.00. The number of aromatic nitrogens is 1. The monoisotopic (exact) mass is 717 g/mol. The number of ketones is 1. The molecule has 3 amide bonds. The van der Waals surface area contributed by atoms with Crippen LogP contribution in [0.15, 0.2) is 42.7 Å². The van der Waals surface area contributed by atoms with E-state index in [1.807, 2.05) is 43.1 Å². The third-order valence-electron chi connectivity index (χ3n) is 8.94. The van der Waals surface area contributed by atoms with Gasteiger partial charge in [0, 0.05) is 48.7 Å². The third kappa shape index (κ3) is 15.2. The van der Waals surface area contributed by atoms with Crippen LogP contribution in [0.25, 0.3) is 10.9 Å². The van der Waals surface area contributed by atoms with Gasteiger partial charge < -0.3 is 35.2 Å². The van der Waals surface area contributed by atoms with Gasteiger partial charge in [-0.3, -0.25) is 23.7 Å². The van der Waals surface area contributed by atoms with Crippen molar-refractivity contribution in [3.63, 3.8) is 0 Å². The first kappa shape index (κ1) is 42.7. The summed E-state index contributed by atoms with van der Waals surface area (Å²) in [4.78, 5) is 68.5. The van der Waals surface area contributed by atoms with Gasteiger partial charge in [-0.15, -0.1) is 0 Å². The Kier molecular flexibility index (Phi) is 19.1. The summed E-state index contributed by atoms with van der Waals surface area (Å²) in [6.07, 6.45) is 11.6. The minimum atomic E-state index is -3.87. The highest BCUT2D eigenvalue weighted by atomic mass is 31.2. The van der Waals surface area contributed by atoms with E-state index in [4.69, 9.17) is 9.79 Å². The van der Waals surface area contributed by atoms with Gasteiger partial charge in [-0.25, -0.2) is 0 Å². The highest BCUT2D eigenvalue weighted by molar-refractivity contribution is 7.51. The summed E-state index contributed by atoms with van der Waals surface area (Å²) >= 11 is 0. The number of rotatable bonds is 12. The van der Waals surface area contributed by atoms with Crippen molar-refractivity contribution in [1.29, 1.82) is 0 Å². The molecule has 2 aliphatic heterocycles. The van der Waals surface area contributed by atoms with Gasteiger partial charge in [-0.1, -0.05) is 71.2 Å². The zero-order valence-corrected chi connectivity index (χ0v) is 31.4. The van der Waals surface area contributed by atoms with E-state index >= 15 is 0 Å². The number of unbranched alkanes of at least 4 members (excludes halogenated alkanes) is 3. The van der Waals surface area contributed by atoms with Crippen molar-refractivity contribution in [3.8, 4) is 0 Å². The molecule has 2 saturated heterocycles. The molecular weight excluding hydrogens is 657 g/mol.